The number of aryl methyl sites for hydroxylation is 1. The molecular weight excluding hydrogens is 344 g/mol. The molecule has 1 aliphatic heterocycles. The summed E-state index contributed by atoms with van der Waals surface area (Å²) in [6.07, 6.45) is 1.51. The van der Waals surface area contributed by atoms with E-state index in [4.69, 9.17) is 0 Å². The molecule has 0 spiro atoms. The first-order valence-corrected chi connectivity index (χ1v) is 8.94. The first-order valence-electron chi connectivity index (χ1n) is 8.94. The van der Waals surface area contributed by atoms with Crippen molar-refractivity contribution in [3.05, 3.63) is 47.8 Å². The molecule has 27 heavy (non-hydrogen) atoms. The minimum atomic E-state index is 0.0648. The smallest absolute Gasteiger partial charge is 0.253 e. The van der Waals surface area contributed by atoms with E-state index in [0.717, 1.165) is 42.7 Å². The van der Waals surface area contributed by atoms with Crippen LogP contribution in [0.2, 0.25) is 0 Å². The minimum Gasteiger partial charge on any atom is -0.336 e. The Balaban J connectivity index is 1.38. The zero-order valence-corrected chi connectivity index (χ0v) is 15.5. The Bertz CT molecular complexity index is 908. The maximum Gasteiger partial charge on any atom is 0.253 e. The molecule has 0 bridgehead atoms. The number of aromatic amines is 1. The first kappa shape index (κ1) is 17.3. The van der Waals surface area contributed by atoms with Crippen molar-refractivity contribution in [1.82, 2.24) is 39.7 Å². The lowest BCUT2D eigenvalue weighted by atomic mass is 10.1. The molecule has 0 saturated carbocycles. The number of benzene rings is 1. The van der Waals surface area contributed by atoms with Crippen LogP contribution in [0.1, 0.15) is 22.0 Å². The molecule has 1 fully saturated rings. The summed E-state index contributed by atoms with van der Waals surface area (Å²) in [5.74, 6) is 2.57. The fraction of sp³-hybridized carbons (Fsp3) is 0.389. The van der Waals surface area contributed by atoms with Gasteiger partial charge in [0.25, 0.3) is 5.91 Å². The van der Waals surface area contributed by atoms with Crippen LogP contribution in [0.25, 0.3) is 11.4 Å². The van der Waals surface area contributed by atoms with Gasteiger partial charge < -0.3 is 9.47 Å². The summed E-state index contributed by atoms with van der Waals surface area (Å²) < 4.78 is 1.94. The van der Waals surface area contributed by atoms with Crippen molar-refractivity contribution >= 4 is 5.91 Å². The van der Waals surface area contributed by atoms with E-state index in [1.54, 1.807) is 0 Å². The summed E-state index contributed by atoms with van der Waals surface area (Å²) in [5, 5.41) is 15.0. The Morgan fingerprint density at radius 3 is 2.44 bits per heavy atom. The van der Waals surface area contributed by atoms with Crippen LogP contribution in [-0.2, 0) is 13.6 Å². The van der Waals surface area contributed by atoms with Gasteiger partial charge in [0.2, 0.25) is 0 Å². The highest BCUT2D eigenvalue weighted by Crippen LogP contribution is 2.19. The molecule has 1 amide bonds. The number of nitrogens with one attached hydrogen (secondary N) is 1. The van der Waals surface area contributed by atoms with Crippen LogP contribution >= 0.6 is 0 Å². The second-order valence-electron chi connectivity index (χ2n) is 6.71. The highest BCUT2D eigenvalue weighted by Gasteiger charge is 2.22. The minimum absolute atomic E-state index is 0.0648. The Morgan fingerprint density at radius 1 is 1.11 bits per heavy atom. The molecule has 2 aromatic heterocycles. The van der Waals surface area contributed by atoms with Gasteiger partial charge in [-0.2, -0.15) is 5.10 Å². The van der Waals surface area contributed by atoms with E-state index in [1.165, 1.54) is 6.33 Å². The SMILES string of the molecule is Cc1nnc(-c2ccc(C(=O)N3CCN(Cc4ncn[nH]4)CC3)cc2)n1C. The largest absolute Gasteiger partial charge is 0.336 e. The molecule has 9 nitrogen and oxygen atoms in total. The van der Waals surface area contributed by atoms with E-state index < -0.39 is 0 Å². The molecule has 0 atom stereocenters. The molecule has 9 heteroatoms. The molecule has 1 aliphatic rings. The van der Waals surface area contributed by atoms with E-state index >= 15 is 0 Å². The number of amides is 1. The number of hydrogen-bond acceptors (Lipinski definition) is 6. The number of aromatic nitrogens is 6. The van der Waals surface area contributed by atoms with E-state index in [0.29, 0.717) is 18.7 Å². The molecule has 3 aromatic rings. The van der Waals surface area contributed by atoms with Gasteiger partial charge in [-0.25, -0.2) is 4.98 Å². The van der Waals surface area contributed by atoms with Gasteiger partial charge in [-0.1, -0.05) is 12.1 Å². The van der Waals surface area contributed by atoms with Gasteiger partial charge in [-0.05, 0) is 19.1 Å². The van der Waals surface area contributed by atoms with Gasteiger partial charge in [-0.3, -0.25) is 14.8 Å². The number of carbonyl (C=O) groups is 1. The molecule has 1 saturated heterocycles. The predicted octanol–water partition coefficient (Wildman–Crippen LogP) is 0.867. The molecule has 4 rings (SSSR count). The van der Waals surface area contributed by atoms with E-state index in [1.807, 2.05) is 47.7 Å². The number of rotatable bonds is 4. The lowest BCUT2D eigenvalue weighted by Crippen LogP contribution is -2.48. The third-order valence-electron chi connectivity index (χ3n) is 4.98. The third-order valence-corrected chi connectivity index (χ3v) is 4.98. The summed E-state index contributed by atoms with van der Waals surface area (Å²) in [4.78, 5) is 21.1. The maximum absolute atomic E-state index is 12.8. The number of H-pyrrole nitrogens is 1. The molecule has 0 unspecified atom stereocenters. The van der Waals surface area contributed by atoms with Crippen LogP contribution in [-0.4, -0.2) is 71.8 Å². The summed E-state index contributed by atoms with van der Waals surface area (Å²) in [6.45, 7) is 5.70. The quantitative estimate of drug-likeness (QED) is 0.736. The van der Waals surface area contributed by atoms with Crippen LogP contribution in [0, 0.1) is 6.92 Å². The monoisotopic (exact) mass is 366 g/mol. The molecule has 1 N–H and O–H groups in total. The van der Waals surface area contributed by atoms with Crippen molar-refractivity contribution in [2.75, 3.05) is 26.2 Å². The van der Waals surface area contributed by atoms with Crippen molar-refractivity contribution in [3.63, 3.8) is 0 Å². The van der Waals surface area contributed by atoms with Gasteiger partial charge in [-0.15, -0.1) is 10.2 Å². The zero-order chi connectivity index (χ0) is 18.8. The van der Waals surface area contributed by atoms with Crippen LogP contribution in [0.4, 0.5) is 0 Å². The fourth-order valence-corrected chi connectivity index (χ4v) is 3.23. The van der Waals surface area contributed by atoms with Crippen molar-refractivity contribution in [2.45, 2.75) is 13.5 Å². The van der Waals surface area contributed by atoms with Crippen molar-refractivity contribution < 1.29 is 4.79 Å². The first-order chi connectivity index (χ1) is 13.1. The second-order valence-corrected chi connectivity index (χ2v) is 6.71. The standard InChI is InChI=1S/C18H22N8O/c1-13-21-23-17(24(13)2)14-3-5-15(6-4-14)18(27)26-9-7-25(8-10-26)11-16-19-12-20-22-16/h3-6,12H,7-11H2,1-2H3,(H,19,20,22). The second kappa shape index (κ2) is 7.28. The average molecular weight is 366 g/mol. The normalized spacial score (nSPS) is 15.3. The van der Waals surface area contributed by atoms with E-state index in [2.05, 4.69) is 30.3 Å². The van der Waals surface area contributed by atoms with Crippen LogP contribution in [0.15, 0.2) is 30.6 Å². The van der Waals surface area contributed by atoms with Gasteiger partial charge in [0.05, 0.1) is 6.54 Å². The lowest BCUT2D eigenvalue weighted by Gasteiger charge is -2.34. The summed E-state index contributed by atoms with van der Waals surface area (Å²) in [5.41, 5.74) is 1.65. The molecule has 1 aromatic carbocycles. The number of piperazine rings is 1. The summed E-state index contributed by atoms with van der Waals surface area (Å²) in [6, 6.07) is 7.58. The van der Waals surface area contributed by atoms with Crippen LogP contribution in [0.3, 0.4) is 0 Å². The van der Waals surface area contributed by atoms with Gasteiger partial charge in [0, 0.05) is 44.4 Å². The number of carbonyl (C=O) groups excluding carboxylic acids is 1. The van der Waals surface area contributed by atoms with Gasteiger partial charge in [0.15, 0.2) is 5.82 Å². The van der Waals surface area contributed by atoms with Gasteiger partial charge >= 0.3 is 0 Å². The summed E-state index contributed by atoms with van der Waals surface area (Å²) in [7, 11) is 1.93. The molecule has 0 aliphatic carbocycles. The van der Waals surface area contributed by atoms with Crippen molar-refractivity contribution in [2.24, 2.45) is 7.05 Å². The van der Waals surface area contributed by atoms with Crippen LogP contribution < -0.4 is 0 Å². The van der Waals surface area contributed by atoms with Crippen molar-refractivity contribution in [3.8, 4) is 11.4 Å². The number of nitrogens with zero attached hydrogens (tertiary/aromatic N) is 7. The van der Waals surface area contributed by atoms with Gasteiger partial charge in [0.1, 0.15) is 18.0 Å². The molecular formula is C18H22N8O. The third kappa shape index (κ3) is 3.59. The van der Waals surface area contributed by atoms with E-state index in [-0.39, 0.29) is 5.91 Å². The maximum atomic E-state index is 12.8. The topological polar surface area (TPSA) is 95.8 Å². The fourth-order valence-electron chi connectivity index (χ4n) is 3.23. The van der Waals surface area contributed by atoms with Crippen LogP contribution in [0.5, 0.6) is 0 Å². The molecule has 0 radical (unpaired) electrons. The molecule has 3 heterocycles. The number of hydrogen-bond donors (Lipinski definition) is 1. The lowest BCUT2D eigenvalue weighted by molar-refractivity contribution is 0.0625. The average Bonchev–Trinajstić information content (AvgIpc) is 3.32. The highest BCUT2D eigenvalue weighted by atomic mass is 16.2. The Morgan fingerprint density at radius 2 is 1.85 bits per heavy atom. The Hall–Kier alpha value is -3.07. The predicted molar refractivity (Wildman–Crippen MR) is 98.7 cm³/mol. The highest BCUT2D eigenvalue weighted by molar-refractivity contribution is 5.94. The van der Waals surface area contributed by atoms with Crippen molar-refractivity contribution in [1.29, 1.82) is 0 Å². The molecule has 140 valence electrons. The van der Waals surface area contributed by atoms with E-state index in [9.17, 15) is 4.79 Å². The summed E-state index contributed by atoms with van der Waals surface area (Å²) >= 11 is 0. The Labute approximate surface area is 157 Å². The Kier molecular flexibility index (Phi) is 4.68. The zero-order valence-electron chi connectivity index (χ0n) is 15.5.